The predicted octanol–water partition coefficient (Wildman–Crippen LogP) is 19.0. The van der Waals surface area contributed by atoms with E-state index in [9.17, 15) is 45.0 Å². The highest BCUT2D eigenvalue weighted by atomic mass is 15.2. The molecule has 0 fully saturated rings. The van der Waals surface area contributed by atoms with Crippen LogP contribution in [0.15, 0.2) is 205 Å². The van der Waals surface area contributed by atoms with Gasteiger partial charge in [0.25, 0.3) is 6.71 Å². The predicted molar refractivity (Wildman–Crippen MR) is 353 cm³/mol. The number of nitriles is 1. The van der Waals surface area contributed by atoms with E-state index in [0.29, 0.717) is 9.80 Å². The van der Waals surface area contributed by atoms with E-state index in [2.05, 4.69) is 0 Å². The number of para-hydroxylation sites is 1. The zero-order chi connectivity index (χ0) is 87.2. The Hall–Kier alpha value is -9.05. The van der Waals surface area contributed by atoms with Crippen LogP contribution in [0.25, 0.3) is 49.7 Å². The summed E-state index contributed by atoms with van der Waals surface area (Å²) in [4.78, 5) is 2.34. The van der Waals surface area contributed by atoms with E-state index in [1.165, 1.54) is 4.57 Å². The van der Waals surface area contributed by atoms with Crippen LogP contribution in [-0.2, 0) is 21.7 Å². The first-order valence-electron chi connectivity index (χ1n) is 43.8. The third-order valence-corrected chi connectivity index (χ3v) is 14.8. The smallest absolute Gasteiger partial charge is 0.252 e. The standard InChI is InChI=1S/C77H70BN5/c1-74(2,3)53-27-34-57(35-28-53)80(58-36-29-54(30-37-58)75(4,5)6)60-38-39-63-67(46-60)81(59-32-25-52(26-33-59)51-23-21-50(22-24-51)49-17-14-13-15-18-49)68-41-48(47-79)42-69-71(68)78(63)64-19-16-20-66-73(64)83(69)70-45-56(77(10,11)12)44-62-61-43-55(76(7,8)9)31-40-65(61)82(66)72(62)70/h13-46H,1-12H3/i13D,14D,15D,16D,17D,18D,19D,20D,21D,22D,23D,24D,25D,26D,27D,28D,29D,30D,31D,32D,33D,34D,35D,36D,37D,38D,39D,40D,41D,42D,43D,44D,45D,46D. The minimum absolute atomic E-state index is 0.0309. The largest absolute Gasteiger partial charge is 0.311 e. The second-order valence-electron chi connectivity index (χ2n) is 24.7. The van der Waals surface area contributed by atoms with Crippen molar-refractivity contribution in [1.29, 1.82) is 5.26 Å². The molecule has 6 heteroatoms. The number of hydrogen-bond acceptors (Lipinski definition) is 4. The van der Waals surface area contributed by atoms with Gasteiger partial charge in [0.05, 0.1) is 86.3 Å². The van der Waals surface area contributed by atoms with Gasteiger partial charge < -0.3 is 19.3 Å². The number of rotatable bonds is 6. The van der Waals surface area contributed by atoms with E-state index >= 15 is 0 Å². The first-order valence-corrected chi connectivity index (χ1v) is 26.8. The molecule has 3 aliphatic heterocycles. The fraction of sp³-hybridized carbons (Fsp3) is 0.208. The van der Waals surface area contributed by atoms with Crippen molar-refractivity contribution in [3.05, 3.63) is 233 Å². The molecule has 5 nitrogen and oxygen atoms in total. The summed E-state index contributed by atoms with van der Waals surface area (Å²) in [5.41, 5.74) is -20.1. The van der Waals surface area contributed by atoms with Crippen LogP contribution in [0.4, 0.5) is 51.2 Å². The van der Waals surface area contributed by atoms with Crippen LogP contribution in [0.2, 0.25) is 0 Å². The topological polar surface area (TPSA) is 38.4 Å². The van der Waals surface area contributed by atoms with Crippen LogP contribution in [0, 0.1) is 11.3 Å². The van der Waals surface area contributed by atoms with Crippen molar-refractivity contribution in [3.8, 4) is 34.0 Å². The Morgan fingerprint density at radius 2 is 0.928 bits per heavy atom. The van der Waals surface area contributed by atoms with Gasteiger partial charge in [0.1, 0.15) is 0 Å². The Kier molecular flexibility index (Phi) is 5.99. The molecule has 1 aromatic heterocycles. The van der Waals surface area contributed by atoms with Gasteiger partial charge in [0.2, 0.25) is 0 Å². The Balaban J connectivity index is 1.25. The average molecular weight is 1110 g/mol. The van der Waals surface area contributed by atoms with Crippen LogP contribution in [0.5, 0.6) is 0 Å². The molecule has 83 heavy (non-hydrogen) atoms. The Morgan fingerprint density at radius 1 is 0.410 bits per heavy atom. The second kappa shape index (κ2) is 18.5. The Labute approximate surface area is 538 Å². The molecule has 0 atom stereocenters. The molecule has 0 bridgehead atoms. The first kappa shape index (κ1) is 26.9. The molecular weight excluding hydrogens is 1010 g/mol. The Morgan fingerprint density at radius 3 is 1.49 bits per heavy atom. The molecule has 406 valence electrons. The van der Waals surface area contributed by atoms with Crippen LogP contribution in [-0.4, -0.2) is 11.3 Å². The molecule has 14 rings (SSSR count). The Bertz CT molecular complexity index is 6360. The molecule has 4 heterocycles. The summed E-state index contributed by atoms with van der Waals surface area (Å²) in [5.74, 6) is 0. The summed E-state index contributed by atoms with van der Waals surface area (Å²) in [7, 11) is 0. The molecule has 0 saturated heterocycles. The number of anilines is 9. The van der Waals surface area contributed by atoms with Gasteiger partial charge in [-0.05, 0) is 173 Å². The van der Waals surface area contributed by atoms with Gasteiger partial charge in [-0.3, -0.25) is 0 Å². The van der Waals surface area contributed by atoms with E-state index in [1.54, 1.807) is 83.1 Å². The molecule has 0 N–H and O–H groups in total. The lowest BCUT2D eigenvalue weighted by atomic mass is 9.33. The maximum Gasteiger partial charge on any atom is 0.252 e. The third-order valence-electron chi connectivity index (χ3n) is 14.8. The van der Waals surface area contributed by atoms with E-state index in [1.807, 2.05) is 6.07 Å². The minimum atomic E-state index is -2.19. The lowest BCUT2D eigenvalue weighted by Gasteiger charge is -2.46. The minimum Gasteiger partial charge on any atom is -0.311 e. The van der Waals surface area contributed by atoms with Crippen molar-refractivity contribution < 1.29 is 46.6 Å². The summed E-state index contributed by atoms with van der Waals surface area (Å²) in [6.07, 6.45) is 0. The molecule has 0 unspecified atom stereocenters. The average Bonchev–Trinajstić information content (AvgIpc) is 1.64. The molecule has 0 radical (unpaired) electrons. The van der Waals surface area contributed by atoms with Crippen molar-refractivity contribution in [2.45, 2.75) is 105 Å². The summed E-state index contributed by atoms with van der Waals surface area (Å²) in [5, 5.41) is 11.5. The quantitative estimate of drug-likeness (QED) is 0.156. The molecule has 0 spiro atoms. The highest BCUT2D eigenvalue weighted by molar-refractivity contribution is 7.00. The monoisotopic (exact) mass is 1110 g/mol. The first-order chi connectivity index (χ1) is 53.9. The van der Waals surface area contributed by atoms with Crippen molar-refractivity contribution >= 4 is 96.1 Å². The van der Waals surface area contributed by atoms with Crippen molar-refractivity contribution in [2.24, 2.45) is 0 Å². The lowest BCUT2D eigenvalue weighted by Crippen LogP contribution is -2.61. The maximum absolute atomic E-state index is 11.8. The van der Waals surface area contributed by atoms with Gasteiger partial charge in [0.15, 0.2) is 0 Å². The zero-order valence-electron chi connectivity index (χ0n) is 81.3. The molecule has 0 saturated carbocycles. The molecule has 0 amide bonds. The molecule has 3 aliphatic rings. The highest BCUT2D eigenvalue weighted by Gasteiger charge is 2.47. The number of aromatic nitrogens is 1. The third kappa shape index (κ3) is 8.41. The molecule has 11 aromatic rings. The molecular formula is C77H70BN5. The van der Waals surface area contributed by atoms with Crippen LogP contribution in [0.1, 0.15) is 158 Å². The van der Waals surface area contributed by atoms with E-state index in [4.69, 9.17) is 6.85 Å². The second-order valence-corrected chi connectivity index (χ2v) is 24.7. The number of nitrogens with zero attached hydrogens (tertiary/aromatic N) is 5. The van der Waals surface area contributed by atoms with E-state index in [-0.39, 0.29) is 61.8 Å². The van der Waals surface area contributed by atoms with Crippen molar-refractivity contribution in [3.63, 3.8) is 0 Å². The summed E-state index contributed by atoms with van der Waals surface area (Å²) in [6, 6.07) is -30.0. The van der Waals surface area contributed by atoms with Gasteiger partial charge in [-0.2, -0.15) is 5.26 Å². The van der Waals surface area contributed by atoms with Crippen molar-refractivity contribution in [2.75, 3.05) is 14.7 Å². The number of hydrogen-bond donors (Lipinski definition) is 0. The van der Waals surface area contributed by atoms with Gasteiger partial charge in [-0.1, -0.05) is 198 Å². The van der Waals surface area contributed by atoms with Crippen LogP contribution < -0.4 is 31.1 Å². The molecule has 10 aromatic carbocycles. The SMILES string of the molecule is [2H]c1c([2H])c([2H])c(-c2c([2H])c([2H])c(-c3c([2H])c([2H])c(N4c5c([2H])c(N(c6c([2H])c([2H])c(C(C)(C)C)c([2H])c6[2H])c6c([2H])c([2H])c(C(C)(C)C)c([2H])c6[2H])c([2H])c([2H])c5B5c6c4c([2H])c(C#N)c([2H])c6N4c6c5c([2H])c([2H])c([2H])c6-n5c6c([2H])c([2H])c(C(C)(C)C)c([2H])c6c6c([2H])c(C(C)(C)C)c([2H])c4c65)c([2H])c3[2H])c([2H])c2[2H])c([2H])c1[2H]. The van der Waals surface area contributed by atoms with E-state index in [0.717, 1.165) is 4.90 Å². The fourth-order valence-electron chi connectivity index (χ4n) is 10.5. The number of fused-ring (bicyclic) bond motifs is 9. The van der Waals surface area contributed by atoms with E-state index < -0.39 is 317 Å². The zero-order valence-corrected chi connectivity index (χ0v) is 47.3. The van der Waals surface area contributed by atoms with Gasteiger partial charge in [-0.15, -0.1) is 0 Å². The normalized spacial score (nSPS) is 19.2. The summed E-state index contributed by atoms with van der Waals surface area (Å²) < 4.78 is 336. The number of benzene rings is 10. The van der Waals surface area contributed by atoms with Gasteiger partial charge >= 0.3 is 0 Å². The molecule has 0 aliphatic carbocycles. The van der Waals surface area contributed by atoms with Crippen molar-refractivity contribution in [1.82, 2.24) is 4.57 Å². The van der Waals surface area contributed by atoms with Crippen LogP contribution >= 0.6 is 0 Å². The van der Waals surface area contributed by atoms with Crippen LogP contribution in [0.3, 0.4) is 0 Å². The van der Waals surface area contributed by atoms with Gasteiger partial charge in [-0.25, -0.2) is 0 Å². The summed E-state index contributed by atoms with van der Waals surface area (Å²) in [6.45, 7) is 17.3. The summed E-state index contributed by atoms with van der Waals surface area (Å²) >= 11 is 0. The van der Waals surface area contributed by atoms with Gasteiger partial charge in [0, 0.05) is 50.6 Å². The lowest BCUT2D eigenvalue weighted by molar-refractivity contribution is 0.590. The fourth-order valence-corrected chi connectivity index (χ4v) is 10.5. The maximum atomic E-state index is 11.8. The highest BCUT2D eigenvalue weighted by Crippen LogP contribution is 2.54.